The summed E-state index contributed by atoms with van der Waals surface area (Å²) in [6, 6.07) is 5.60. The molecular weight excluding hydrogens is 342 g/mol. The lowest BCUT2D eigenvalue weighted by molar-refractivity contribution is -0.00697. The van der Waals surface area contributed by atoms with Gasteiger partial charge in [0, 0.05) is 18.5 Å². The first-order valence-corrected chi connectivity index (χ1v) is 8.70. The molecule has 6 nitrogen and oxygen atoms in total. The van der Waals surface area contributed by atoms with Crippen molar-refractivity contribution in [2.75, 3.05) is 13.7 Å². The summed E-state index contributed by atoms with van der Waals surface area (Å²) < 4.78 is 11.0. The highest BCUT2D eigenvalue weighted by Gasteiger charge is 2.29. The van der Waals surface area contributed by atoms with Gasteiger partial charge in [-0.25, -0.2) is 0 Å². The number of fused-ring (bicyclic) bond motifs is 1. The highest BCUT2D eigenvalue weighted by Crippen LogP contribution is 2.30. The van der Waals surface area contributed by atoms with Crippen LogP contribution < -0.4 is 10.1 Å². The summed E-state index contributed by atoms with van der Waals surface area (Å²) in [5.41, 5.74) is 3.36. The van der Waals surface area contributed by atoms with E-state index < -0.39 is 0 Å². The molecule has 2 atom stereocenters. The van der Waals surface area contributed by atoms with Crippen molar-refractivity contribution in [3.63, 3.8) is 0 Å². The number of nitrogens with zero attached hydrogens (tertiary/aromatic N) is 1. The van der Waals surface area contributed by atoms with Gasteiger partial charge in [-0.05, 0) is 38.0 Å². The van der Waals surface area contributed by atoms with Crippen LogP contribution in [0.15, 0.2) is 18.2 Å². The van der Waals surface area contributed by atoms with Gasteiger partial charge in [-0.15, -0.1) is 0 Å². The molecule has 1 aromatic carbocycles. The van der Waals surface area contributed by atoms with Crippen molar-refractivity contribution in [2.45, 2.75) is 38.9 Å². The third-order valence-electron chi connectivity index (χ3n) is 4.36. The molecule has 0 spiro atoms. The third-order valence-corrected chi connectivity index (χ3v) is 4.68. The van der Waals surface area contributed by atoms with Gasteiger partial charge in [0.25, 0.3) is 5.91 Å². The Morgan fingerprint density at radius 2 is 2.28 bits per heavy atom. The van der Waals surface area contributed by atoms with Crippen LogP contribution in [0.1, 0.15) is 47.3 Å². The van der Waals surface area contributed by atoms with Crippen LogP contribution in [0.4, 0.5) is 0 Å². The molecule has 0 saturated carbocycles. The summed E-state index contributed by atoms with van der Waals surface area (Å²) in [4.78, 5) is 12.5. The van der Waals surface area contributed by atoms with Crippen molar-refractivity contribution in [1.29, 1.82) is 0 Å². The van der Waals surface area contributed by atoms with Crippen LogP contribution in [0.2, 0.25) is 5.02 Å². The van der Waals surface area contributed by atoms with Crippen LogP contribution in [-0.2, 0) is 17.6 Å². The van der Waals surface area contributed by atoms with E-state index in [0.29, 0.717) is 35.9 Å². The molecule has 2 N–H and O–H groups in total. The number of aromatic amines is 1. The normalized spacial score (nSPS) is 19.4. The maximum atomic E-state index is 12.5. The first kappa shape index (κ1) is 17.8. The second kappa shape index (κ2) is 7.45. The van der Waals surface area contributed by atoms with E-state index in [1.807, 2.05) is 26.0 Å². The fourth-order valence-corrected chi connectivity index (χ4v) is 3.32. The molecule has 0 aliphatic carbocycles. The second-order valence-corrected chi connectivity index (χ2v) is 6.64. The number of hydrogen-bond donors (Lipinski definition) is 2. The van der Waals surface area contributed by atoms with Crippen molar-refractivity contribution in [2.24, 2.45) is 0 Å². The van der Waals surface area contributed by atoms with Gasteiger partial charge in [-0.2, -0.15) is 5.10 Å². The van der Waals surface area contributed by atoms with Crippen LogP contribution in [-0.4, -0.2) is 35.9 Å². The summed E-state index contributed by atoms with van der Waals surface area (Å²) in [5.74, 6) is 0.467. The first-order valence-electron chi connectivity index (χ1n) is 8.32. The van der Waals surface area contributed by atoms with Gasteiger partial charge in [0.05, 0.1) is 30.0 Å². The van der Waals surface area contributed by atoms with Gasteiger partial charge in [-0.1, -0.05) is 17.7 Å². The number of rotatable bonds is 5. The van der Waals surface area contributed by atoms with E-state index in [0.717, 1.165) is 16.8 Å². The number of ether oxygens (including phenoxy) is 2. The highest BCUT2D eigenvalue weighted by atomic mass is 35.5. The van der Waals surface area contributed by atoms with Crippen molar-refractivity contribution >= 4 is 17.5 Å². The smallest absolute Gasteiger partial charge is 0.272 e. The van der Waals surface area contributed by atoms with Crippen LogP contribution in [0.5, 0.6) is 5.75 Å². The van der Waals surface area contributed by atoms with Crippen LogP contribution >= 0.6 is 11.6 Å². The molecule has 1 amide bonds. The van der Waals surface area contributed by atoms with Gasteiger partial charge >= 0.3 is 0 Å². The van der Waals surface area contributed by atoms with Crippen molar-refractivity contribution in [3.8, 4) is 5.75 Å². The molecule has 2 aromatic rings. The quantitative estimate of drug-likeness (QED) is 0.856. The Balaban J connectivity index is 1.62. The first-order chi connectivity index (χ1) is 12.0. The molecule has 1 aliphatic heterocycles. The van der Waals surface area contributed by atoms with Crippen molar-refractivity contribution < 1.29 is 14.3 Å². The zero-order valence-corrected chi connectivity index (χ0v) is 15.3. The molecular formula is C18H22ClN3O3. The minimum Gasteiger partial charge on any atom is -0.495 e. The number of aromatic nitrogens is 2. The molecule has 0 radical (unpaired) electrons. The Morgan fingerprint density at radius 3 is 3.04 bits per heavy atom. The molecule has 1 aliphatic rings. The lowest BCUT2D eigenvalue weighted by Gasteiger charge is -2.25. The van der Waals surface area contributed by atoms with E-state index in [1.54, 1.807) is 13.2 Å². The number of benzene rings is 1. The van der Waals surface area contributed by atoms with Crippen LogP contribution in [0, 0.1) is 0 Å². The van der Waals surface area contributed by atoms with E-state index in [2.05, 4.69) is 15.5 Å². The molecule has 0 bridgehead atoms. The Labute approximate surface area is 151 Å². The zero-order chi connectivity index (χ0) is 18.0. The average Bonchev–Trinajstić information content (AvgIpc) is 3.00. The predicted octanol–water partition coefficient (Wildman–Crippen LogP) is 3.07. The number of amides is 1. The third kappa shape index (κ3) is 3.80. The number of halogens is 1. The second-order valence-electron chi connectivity index (χ2n) is 6.23. The molecule has 1 aromatic heterocycles. The fourth-order valence-electron chi connectivity index (χ4n) is 3.13. The molecule has 25 heavy (non-hydrogen) atoms. The van der Waals surface area contributed by atoms with Crippen molar-refractivity contribution in [3.05, 3.63) is 45.7 Å². The standard InChI is InChI=1S/C18H22ClN3O3/c1-10-8-13-16(11(2)25-10)21-22-17(13)18(23)20-7-6-12-4-5-14(19)15(9-12)24-3/h4-5,9-11H,6-8H2,1-3H3,(H,20,23)(H,21,22)/t10-,11+/m0/s1. The molecule has 0 fully saturated rings. The Morgan fingerprint density at radius 1 is 1.48 bits per heavy atom. The maximum absolute atomic E-state index is 12.5. The van der Waals surface area contributed by atoms with Crippen molar-refractivity contribution in [1.82, 2.24) is 15.5 Å². The summed E-state index contributed by atoms with van der Waals surface area (Å²) in [7, 11) is 1.58. The lowest BCUT2D eigenvalue weighted by Crippen LogP contribution is -2.29. The minimum absolute atomic E-state index is 0.0747. The van der Waals surface area contributed by atoms with Gasteiger partial charge in [0.2, 0.25) is 0 Å². The molecule has 3 rings (SSSR count). The summed E-state index contributed by atoms with van der Waals surface area (Å²) in [6.07, 6.45) is 1.37. The number of nitrogens with one attached hydrogen (secondary N) is 2. The Bertz CT molecular complexity index is 775. The summed E-state index contributed by atoms with van der Waals surface area (Å²) in [5, 5.41) is 10.6. The van der Waals surface area contributed by atoms with E-state index in [1.165, 1.54) is 0 Å². The Hall–Kier alpha value is -2.05. The van der Waals surface area contributed by atoms with Crippen LogP contribution in [0.3, 0.4) is 0 Å². The fraction of sp³-hybridized carbons (Fsp3) is 0.444. The molecule has 0 saturated heterocycles. The summed E-state index contributed by atoms with van der Waals surface area (Å²) >= 11 is 6.02. The van der Waals surface area contributed by atoms with E-state index in [9.17, 15) is 4.79 Å². The zero-order valence-electron chi connectivity index (χ0n) is 14.6. The topological polar surface area (TPSA) is 76.2 Å². The van der Waals surface area contributed by atoms with Gasteiger partial charge < -0.3 is 14.8 Å². The van der Waals surface area contributed by atoms with E-state index in [-0.39, 0.29) is 18.1 Å². The van der Waals surface area contributed by atoms with E-state index >= 15 is 0 Å². The largest absolute Gasteiger partial charge is 0.495 e. The number of carbonyl (C=O) groups excluding carboxylic acids is 1. The molecule has 134 valence electrons. The molecule has 0 unspecified atom stereocenters. The number of methoxy groups -OCH3 is 1. The summed E-state index contributed by atoms with van der Waals surface area (Å²) in [6.45, 7) is 4.47. The highest BCUT2D eigenvalue weighted by molar-refractivity contribution is 6.32. The van der Waals surface area contributed by atoms with Gasteiger partial charge in [0.15, 0.2) is 5.69 Å². The number of carbonyl (C=O) groups is 1. The number of hydrogen-bond acceptors (Lipinski definition) is 4. The molecule has 2 heterocycles. The van der Waals surface area contributed by atoms with E-state index in [4.69, 9.17) is 21.1 Å². The Kier molecular flexibility index (Phi) is 5.30. The predicted molar refractivity (Wildman–Crippen MR) is 95.3 cm³/mol. The maximum Gasteiger partial charge on any atom is 0.272 e. The lowest BCUT2D eigenvalue weighted by atomic mass is 9.99. The number of H-pyrrole nitrogens is 1. The van der Waals surface area contributed by atoms with Crippen LogP contribution in [0.25, 0.3) is 0 Å². The average molecular weight is 364 g/mol. The molecule has 7 heteroatoms. The monoisotopic (exact) mass is 363 g/mol. The van der Waals surface area contributed by atoms with Gasteiger partial charge in [0.1, 0.15) is 5.75 Å². The van der Waals surface area contributed by atoms with Gasteiger partial charge in [-0.3, -0.25) is 9.89 Å². The minimum atomic E-state index is -0.167. The SMILES string of the molecule is COc1cc(CCNC(=O)c2n[nH]c3c2C[C@H](C)O[C@@H]3C)ccc1Cl.